The lowest BCUT2D eigenvalue weighted by atomic mass is 10.0. The van der Waals surface area contributed by atoms with Crippen molar-refractivity contribution >= 4 is 27.6 Å². The van der Waals surface area contributed by atoms with Gasteiger partial charge in [0.25, 0.3) is 5.91 Å². The maximum atomic E-state index is 12.5. The van der Waals surface area contributed by atoms with Crippen LogP contribution in [0.25, 0.3) is 0 Å². The van der Waals surface area contributed by atoms with Crippen LogP contribution in [-0.4, -0.2) is 38.7 Å². The van der Waals surface area contributed by atoms with Gasteiger partial charge in [0, 0.05) is 12.6 Å². The molecule has 26 heavy (non-hydrogen) atoms. The lowest BCUT2D eigenvalue weighted by Crippen LogP contribution is -2.30. The number of carboxylic acids is 1. The molecule has 8 heteroatoms. The van der Waals surface area contributed by atoms with Crippen molar-refractivity contribution in [3.63, 3.8) is 0 Å². The van der Waals surface area contributed by atoms with Crippen molar-refractivity contribution in [3.8, 4) is 0 Å². The minimum absolute atomic E-state index is 0.245. The Labute approximate surface area is 152 Å². The number of hydrogen-bond acceptors (Lipinski definition) is 4. The SMILES string of the molecule is CN(c1ccc(C(=O)NC(CC(=O)O)c2ccccc2)cc1)S(C)(=O)=O. The van der Waals surface area contributed by atoms with Crippen molar-refractivity contribution < 1.29 is 23.1 Å². The van der Waals surface area contributed by atoms with Crippen LogP contribution in [-0.2, 0) is 14.8 Å². The molecule has 0 saturated carbocycles. The largest absolute Gasteiger partial charge is 0.481 e. The van der Waals surface area contributed by atoms with E-state index in [-0.39, 0.29) is 6.42 Å². The van der Waals surface area contributed by atoms with Gasteiger partial charge in [0.2, 0.25) is 10.0 Å². The molecule has 0 aliphatic heterocycles. The number of carboxylic acid groups (broad SMARTS) is 1. The summed E-state index contributed by atoms with van der Waals surface area (Å²) >= 11 is 0. The highest BCUT2D eigenvalue weighted by atomic mass is 32.2. The monoisotopic (exact) mass is 376 g/mol. The summed E-state index contributed by atoms with van der Waals surface area (Å²) in [5, 5.41) is 11.8. The summed E-state index contributed by atoms with van der Waals surface area (Å²) in [5.74, 6) is -1.46. The number of hydrogen-bond donors (Lipinski definition) is 2. The van der Waals surface area contributed by atoms with Crippen LogP contribution in [0.1, 0.15) is 28.4 Å². The summed E-state index contributed by atoms with van der Waals surface area (Å²) in [6, 6.07) is 14.2. The van der Waals surface area contributed by atoms with Crippen LogP contribution in [0.4, 0.5) is 5.69 Å². The average Bonchev–Trinajstić information content (AvgIpc) is 2.60. The molecule has 138 valence electrons. The van der Waals surface area contributed by atoms with Crippen molar-refractivity contribution in [1.82, 2.24) is 5.32 Å². The van der Waals surface area contributed by atoms with Gasteiger partial charge < -0.3 is 10.4 Å². The Kier molecular flexibility index (Phi) is 5.99. The van der Waals surface area contributed by atoms with Crippen molar-refractivity contribution in [2.24, 2.45) is 0 Å². The summed E-state index contributed by atoms with van der Waals surface area (Å²) in [4.78, 5) is 23.6. The molecule has 2 aromatic rings. The first-order valence-electron chi connectivity index (χ1n) is 7.80. The van der Waals surface area contributed by atoms with E-state index in [4.69, 9.17) is 5.11 Å². The van der Waals surface area contributed by atoms with Gasteiger partial charge in [0.05, 0.1) is 24.4 Å². The number of nitrogens with one attached hydrogen (secondary N) is 1. The Bertz CT molecular complexity index is 880. The lowest BCUT2D eigenvalue weighted by Gasteiger charge is -2.19. The second kappa shape index (κ2) is 8.01. The standard InChI is InChI=1S/C18H20N2O5S/c1-20(26(2,24)25)15-10-8-14(9-11-15)18(23)19-16(12-17(21)22)13-6-4-3-5-7-13/h3-11,16H,12H2,1-2H3,(H,19,23)(H,21,22). The van der Waals surface area contributed by atoms with Crippen LogP contribution < -0.4 is 9.62 Å². The van der Waals surface area contributed by atoms with E-state index >= 15 is 0 Å². The fourth-order valence-corrected chi connectivity index (χ4v) is 2.87. The second-order valence-electron chi connectivity index (χ2n) is 5.81. The number of amides is 1. The molecule has 2 rings (SSSR count). The van der Waals surface area contributed by atoms with Crippen molar-refractivity contribution in [2.75, 3.05) is 17.6 Å². The molecule has 0 radical (unpaired) electrons. The highest BCUT2D eigenvalue weighted by molar-refractivity contribution is 7.92. The molecule has 0 fully saturated rings. The minimum atomic E-state index is -3.39. The predicted octanol–water partition coefficient (Wildman–Crippen LogP) is 2.03. The minimum Gasteiger partial charge on any atom is -0.481 e. The van der Waals surface area contributed by atoms with Gasteiger partial charge in [-0.25, -0.2) is 8.42 Å². The van der Waals surface area contributed by atoms with Gasteiger partial charge in [0.15, 0.2) is 0 Å². The molecular formula is C18H20N2O5S. The molecule has 0 aromatic heterocycles. The number of rotatable bonds is 7. The smallest absolute Gasteiger partial charge is 0.305 e. The van der Waals surface area contributed by atoms with Crippen LogP contribution in [0.15, 0.2) is 54.6 Å². The number of nitrogens with zero attached hydrogens (tertiary/aromatic N) is 1. The van der Waals surface area contributed by atoms with E-state index in [1.54, 1.807) is 30.3 Å². The number of benzene rings is 2. The zero-order chi connectivity index (χ0) is 19.3. The maximum Gasteiger partial charge on any atom is 0.305 e. The molecule has 0 bridgehead atoms. The molecular weight excluding hydrogens is 356 g/mol. The zero-order valence-electron chi connectivity index (χ0n) is 14.4. The summed E-state index contributed by atoms with van der Waals surface area (Å²) in [7, 11) is -1.97. The molecule has 0 aliphatic carbocycles. The van der Waals surface area contributed by atoms with Gasteiger partial charge in [0.1, 0.15) is 0 Å². The molecule has 2 N–H and O–H groups in total. The Morgan fingerprint density at radius 3 is 2.15 bits per heavy atom. The topological polar surface area (TPSA) is 104 Å². The molecule has 0 heterocycles. The van der Waals surface area contributed by atoms with E-state index < -0.39 is 27.9 Å². The van der Waals surface area contributed by atoms with Crippen molar-refractivity contribution in [2.45, 2.75) is 12.5 Å². The average molecular weight is 376 g/mol. The van der Waals surface area contributed by atoms with Crippen LogP contribution in [0.5, 0.6) is 0 Å². The normalized spacial score (nSPS) is 12.2. The zero-order valence-corrected chi connectivity index (χ0v) is 15.2. The fourth-order valence-electron chi connectivity index (χ4n) is 2.37. The van der Waals surface area contributed by atoms with Gasteiger partial charge in [-0.15, -0.1) is 0 Å². The van der Waals surface area contributed by atoms with Crippen molar-refractivity contribution in [1.29, 1.82) is 0 Å². The van der Waals surface area contributed by atoms with Gasteiger partial charge in [-0.2, -0.15) is 0 Å². The lowest BCUT2D eigenvalue weighted by molar-refractivity contribution is -0.137. The van der Waals surface area contributed by atoms with E-state index in [0.717, 1.165) is 10.6 Å². The number of aliphatic carboxylic acids is 1. The summed E-state index contributed by atoms with van der Waals surface area (Å²) in [6.45, 7) is 0. The molecule has 0 aliphatic rings. The molecule has 2 aromatic carbocycles. The number of sulfonamides is 1. The van der Waals surface area contributed by atoms with E-state index in [2.05, 4.69) is 5.32 Å². The molecule has 7 nitrogen and oxygen atoms in total. The molecule has 1 atom stereocenters. The third kappa shape index (κ3) is 5.06. The highest BCUT2D eigenvalue weighted by Crippen LogP contribution is 2.19. The second-order valence-corrected chi connectivity index (χ2v) is 7.83. The van der Waals surface area contributed by atoms with E-state index in [9.17, 15) is 18.0 Å². The molecule has 0 saturated heterocycles. The van der Waals surface area contributed by atoms with Gasteiger partial charge in [-0.05, 0) is 29.8 Å². The van der Waals surface area contributed by atoms with Gasteiger partial charge in [-0.1, -0.05) is 30.3 Å². The number of anilines is 1. The van der Waals surface area contributed by atoms with Crippen LogP contribution in [0.2, 0.25) is 0 Å². The molecule has 1 unspecified atom stereocenters. The predicted molar refractivity (Wildman–Crippen MR) is 98.6 cm³/mol. The van der Waals surface area contributed by atoms with Gasteiger partial charge >= 0.3 is 5.97 Å². The van der Waals surface area contributed by atoms with Crippen molar-refractivity contribution in [3.05, 3.63) is 65.7 Å². The Morgan fingerprint density at radius 2 is 1.65 bits per heavy atom. The maximum absolute atomic E-state index is 12.5. The number of carbonyl (C=O) groups is 2. The molecule has 0 spiro atoms. The number of carbonyl (C=O) groups excluding carboxylic acids is 1. The summed E-state index contributed by atoms with van der Waals surface area (Å²) in [5.41, 5.74) is 1.42. The Morgan fingerprint density at radius 1 is 1.08 bits per heavy atom. The first-order valence-corrected chi connectivity index (χ1v) is 9.65. The third-order valence-electron chi connectivity index (χ3n) is 3.88. The van der Waals surface area contributed by atoms with Crippen LogP contribution in [0, 0.1) is 0 Å². The first-order chi connectivity index (χ1) is 12.2. The van der Waals surface area contributed by atoms with E-state index in [0.29, 0.717) is 16.8 Å². The van der Waals surface area contributed by atoms with Gasteiger partial charge in [-0.3, -0.25) is 13.9 Å². The Balaban J connectivity index is 2.18. The first kappa shape index (κ1) is 19.5. The van der Waals surface area contributed by atoms with E-state index in [1.165, 1.54) is 31.3 Å². The Hall–Kier alpha value is -2.87. The van der Waals surface area contributed by atoms with Crippen LogP contribution in [0.3, 0.4) is 0 Å². The third-order valence-corrected chi connectivity index (χ3v) is 5.08. The highest BCUT2D eigenvalue weighted by Gasteiger charge is 2.19. The van der Waals surface area contributed by atoms with Crippen LogP contribution >= 0.6 is 0 Å². The molecule has 1 amide bonds. The fraction of sp³-hybridized carbons (Fsp3) is 0.222. The summed E-state index contributed by atoms with van der Waals surface area (Å²) in [6.07, 6.45) is 0.842. The summed E-state index contributed by atoms with van der Waals surface area (Å²) < 4.78 is 24.2. The quantitative estimate of drug-likeness (QED) is 0.769. The van der Waals surface area contributed by atoms with E-state index in [1.807, 2.05) is 0 Å².